The number of rotatable bonds is 9. The summed E-state index contributed by atoms with van der Waals surface area (Å²) in [6, 6.07) is 15.1. The maximum absolute atomic E-state index is 16.7. The Morgan fingerprint density at radius 2 is 1.31 bits per heavy atom. The molecule has 7 rings (SSSR count). The van der Waals surface area contributed by atoms with E-state index < -0.39 is 57.3 Å². The number of fused-ring (bicyclic) bond motifs is 3. The number of halogens is 5. The lowest BCUT2D eigenvalue weighted by Gasteiger charge is -2.41. The van der Waals surface area contributed by atoms with Gasteiger partial charge < -0.3 is 15.4 Å². The fourth-order valence-electron chi connectivity index (χ4n) is 7.77. The van der Waals surface area contributed by atoms with Gasteiger partial charge in [-0.25, -0.2) is 8.42 Å². The fourth-order valence-corrected chi connectivity index (χ4v) is 9.00. The van der Waals surface area contributed by atoms with E-state index >= 15 is 8.78 Å². The molecule has 51 heavy (non-hydrogen) atoms. The number of piperidine rings is 1. The van der Waals surface area contributed by atoms with Crippen LogP contribution in [0.3, 0.4) is 0 Å². The third-order valence-electron chi connectivity index (χ3n) is 10.4. The molecule has 2 heterocycles. The van der Waals surface area contributed by atoms with Crippen molar-refractivity contribution in [2.45, 2.75) is 98.6 Å². The van der Waals surface area contributed by atoms with Crippen LogP contribution in [0.5, 0.6) is 5.75 Å². The molecule has 2 bridgehead atoms. The van der Waals surface area contributed by atoms with Gasteiger partial charge in [-0.1, -0.05) is 48.5 Å². The number of benzene rings is 4. The Balaban J connectivity index is 1.19. The Labute approximate surface area is 293 Å². The van der Waals surface area contributed by atoms with Crippen LogP contribution in [0.15, 0.2) is 89.8 Å². The lowest BCUT2D eigenvalue weighted by Crippen LogP contribution is -2.60. The Hall–Kier alpha value is -4.07. The first-order valence-electron chi connectivity index (χ1n) is 17.2. The summed E-state index contributed by atoms with van der Waals surface area (Å²) in [5, 5.41) is 1.25. The first-order valence-corrected chi connectivity index (χ1v) is 18.6. The number of nitrogens with zero attached hydrogens (tertiary/aromatic N) is 1. The Kier molecular flexibility index (Phi) is 9.34. The number of ether oxygens (including phenoxy) is 1. The van der Waals surface area contributed by atoms with Crippen LogP contribution in [0, 0.1) is 0 Å². The van der Waals surface area contributed by atoms with Crippen molar-refractivity contribution in [3.8, 4) is 16.9 Å². The number of amides is 1. The molecular formula is C38H38F5N3O4S. The predicted octanol–water partition coefficient (Wildman–Crippen LogP) is 7.77. The smallest absolute Gasteiger partial charge is 0.416 e. The number of nitrogens with one attached hydrogen (secondary N) is 1. The minimum Gasteiger partial charge on any atom is -0.490 e. The van der Waals surface area contributed by atoms with E-state index in [1.165, 1.54) is 41.3 Å². The zero-order valence-electron chi connectivity index (χ0n) is 27.6. The average molecular weight is 728 g/mol. The van der Waals surface area contributed by atoms with E-state index in [0.717, 1.165) is 49.9 Å². The molecule has 3 fully saturated rings. The second kappa shape index (κ2) is 13.5. The molecule has 2 unspecified atom stereocenters. The summed E-state index contributed by atoms with van der Waals surface area (Å²) in [7, 11) is -4.67. The van der Waals surface area contributed by atoms with E-state index in [-0.39, 0.29) is 17.0 Å². The van der Waals surface area contributed by atoms with E-state index in [4.69, 9.17) is 10.5 Å². The van der Waals surface area contributed by atoms with Gasteiger partial charge in [-0.2, -0.15) is 26.7 Å². The third-order valence-corrected chi connectivity index (χ3v) is 11.8. The van der Waals surface area contributed by atoms with Crippen molar-refractivity contribution in [1.29, 1.82) is 0 Å². The van der Waals surface area contributed by atoms with Crippen LogP contribution in [0.1, 0.15) is 62.5 Å². The average Bonchev–Trinajstić information content (AvgIpc) is 3.71. The van der Waals surface area contributed by atoms with Gasteiger partial charge in [0.25, 0.3) is 5.92 Å². The fraction of sp³-hybridized carbons (Fsp3) is 0.395. The zero-order valence-corrected chi connectivity index (χ0v) is 28.4. The van der Waals surface area contributed by atoms with Crippen molar-refractivity contribution in [1.82, 2.24) is 9.62 Å². The molecule has 2 saturated heterocycles. The molecule has 1 saturated carbocycles. The standard InChI is InChI=1S/C38H38F5N3O4S/c39-37(40,27-11-5-23(6-12-27)24-7-13-28(14-8-24)38(41,42)43)35(36(47)46-30-15-16-31(46)22-29(44)21-30)45-51(48,49)34-18-10-25-19-33(17-9-26(25)20-34)50-32-3-1-2-4-32/h5-14,17-20,29-32,35,45H,1-4,15-16,21-22,44H2/t29?,30?,31?,35-/m1/s1. The molecule has 7 nitrogen and oxygen atoms in total. The molecule has 1 amide bonds. The Morgan fingerprint density at radius 1 is 0.765 bits per heavy atom. The van der Waals surface area contributed by atoms with Crippen LogP contribution in [-0.4, -0.2) is 49.5 Å². The summed E-state index contributed by atoms with van der Waals surface area (Å²) in [5.41, 5.74) is 5.42. The topological polar surface area (TPSA) is 102 Å². The van der Waals surface area contributed by atoms with Gasteiger partial charge in [-0.15, -0.1) is 0 Å². The highest BCUT2D eigenvalue weighted by molar-refractivity contribution is 7.89. The van der Waals surface area contributed by atoms with Gasteiger partial charge in [0.15, 0.2) is 6.04 Å². The third kappa shape index (κ3) is 7.20. The van der Waals surface area contributed by atoms with E-state index in [2.05, 4.69) is 4.72 Å². The van der Waals surface area contributed by atoms with Gasteiger partial charge in [0.05, 0.1) is 16.6 Å². The van der Waals surface area contributed by atoms with Gasteiger partial charge in [-0.3, -0.25) is 4.79 Å². The van der Waals surface area contributed by atoms with Crippen molar-refractivity contribution in [3.63, 3.8) is 0 Å². The van der Waals surface area contributed by atoms with Crippen LogP contribution in [-0.2, 0) is 26.9 Å². The molecule has 1 aliphatic carbocycles. The molecule has 3 N–H and O–H groups in total. The van der Waals surface area contributed by atoms with Crippen molar-refractivity contribution >= 4 is 26.7 Å². The van der Waals surface area contributed by atoms with E-state index in [0.29, 0.717) is 53.3 Å². The molecule has 3 aliphatic rings. The minimum absolute atomic E-state index is 0.134. The number of carbonyl (C=O) groups is 1. The molecule has 3 atom stereocenters. The largest absolute Gasteiger partial charge is 0.490 e. The van der Waals surface area contributed by atoms with Gasteiger partial charge in [-0.05, 0) is 110 Å². The molecule has 0 radical (unpaired) electrons. The molecule has 0 spiro atoms. The van der Waals surface area contributed by atoms with Crippen molar-refractivity contribution < 1.29 is 39.9 Å². The monoisotopic (exact) mass is 727 g/mol. The number of sulfonamides is 1. The SMILES string of the molecule is NC1CC2CCC(C1)N2C(=O)[C@@H](NS(=O)(=O)c1ccc2cc(OC3CCCC3)ccc2c1)C(F)(F)c1ccc(-c2ccc(C(F)(F)F)cc2)cc1. The van der Waals surface area contributed by atoms with Gasteiger partial charge >= 0.3 is 6.18 Å². The highest BCUT2D eigenvalue weighted by Crippen LogP contribution is 2.41. The maximum Gasteiger partial charge on any atom is 0.416 e. The van der Waals surface area contributed by atoms with Gasteiger partial charge in [0.2, 0.25) is 15.9 Å². The second-order valence-electron chi connectivity index (χ2n) is 13.9. The first-order chi connectivity index (χ1) is 24.2. The minimum atomic E-state index is -4.67. The molecule has 2 aliphatic heterocycles. The zero-order chi connectivity index (χ0) is 36.1. The second-order valence-corrected chi connectivity index (χ2v) is 15.6. The van der Waals surface area contributed by atoms with Crippen LogP contribution < -0.4 is 15.2 Å². The summed E-state index contributed by atoms with van der Waals surface area (Å²) < 4.78 is 108. The quantitative estimate of drug-likeness (QED) is 0.172. The van der Waals surface area contributed by atoms with Crippen LogP contribution in [0.4, 0.5) is 22.0 Å². The highest BCUT2D eigenvalue weighted by Gasteiger charge is 2.53. The highest BCUT2D eigenvalue weighted by atomic mass is 32.2. The normalized spacial score (nSPS) is 22.0. The summed E-state index contributed by atoms with van der Waals surface area (Å²) in [6.45, 7) is 0. The van der Waals surface area contributed by atoms with Crippen molar-refractivity contribution in [3.05, 3.63) is 96.1 Å². The summed E-state index contributed by atoms with van der Waals surface area (Å²) in [4.78, 5) is 15.3. The molecule has 13 heteroatoms. The lowest BCUT2D eigenvalue weighted by atomic mass is 9.94. The molecule has 270 valence electrons. The number of carbonyl (C=O) groups excluding carboxylic acids is 1. The van der Waals surface area contributed by atoms with E-state index in [9.17, 15) is 26.4 Å². The van der Waals surface area contributed by atoms with Gasteiger partial charge in [0, 0.05) is 23.7 Å². The first kappa shape index (κ1) is 35.3. The Morgan fingerprint density at radius 3 is 1.90 bits per heavy atom. The van der Waals surface area contributed by atoms with E-state index in [1.807, 2.05) is 6.07 Å². The van der Waals surface area contributed by atoms with Crippen LogP contribution >= 0.6 is 0 Å². The molecule has 0 aromatic heterocycles. The molecular weight excluding hydrogens is 689 g/mol. The summed E-state index contributed by atoms with van der Waals surface area (Å²) in [6.07, 6.45) is 1.76. The maximum atomic E-state index is 16.7. The number of hydrogen-bond donors (Lipinski definition) is 2. The summed E-state index contributed by atoms with van der Waals surface area (Å²) in [5.74, 6) is -4.40. The number of hydrogen-bond acceptors (Lipinski definition) is 5. The van der Waals surface area contributed by atoms with E-state index in [1.54, 1.807) is 18.2 Å². The molecule has 4 aromatic carbocycles. The van der Waals surface area contributed by atoms with Crippen LogP contribution in [0.25, 0.3) is 21.9 Å². The van der Waals surface area contributed by atoms with Crippen molar-refractivity contribution in [2.24, 2.45) is 5.73 Å². The lowest BCUT2D eigenvalue weighted by molar-refractivity contribution is -0.149. The Bertz CT molecular complexity index is 2000. The van der Waals surface area contributed by atoms with Crippen molar-refractivity contribution in [2.75, 3.05) is 0 Å². The predicted molar refractivity (Wildman–Crippen MR) is 183 cm³/mol. The van der Waals surface area contributed by atoms with Crippen LogP contribution in [0.2, 0.25) is 0 Å². The van der Waals surface area contributed by atoms with Gasteiger partial charge in [0.1, 0.15) is 5.75 Å². The number of nitrogens with two attached hydrogens (primary N) is 1. The number of alkyl halides is 5. The molecule has 4 aromatic rings. The summed E-state index contributed by atoms with van der Waals surface area (Å²) >= 11 is 0.